The molecule has 1 aromatic rings. The molecule has 0 aliphatic heterocycles. The fraction of sp³-hybridized carbons (Fsp3) is 0.462. The van der Waals surface area contributed by atoms with Gasteiger partial charge in [0.15, 0.2) is 6.61 Å². The summed E-state index contributed by atoms with van der Waals surface area (Å²) in [5.41, 5.74) is 1.25. The molecule has 20 heavy (non-hydrogen) atoms. The van der Waals surface area contributed by atoms with E-state index in [-0.39, 0.29) is 17.4 Å². The van der Waals surface area contributed by atoms with Crippen LogP contribution in [0.1, 0.15) is 18.1 Å². The Morgan fingerprint density at radius 1 is 1.30 bits per heavy atom. The average molecular weight is 300 g/mol. The molecule has 1 rings (SSSR count). The topological polar surface area (TPSA) is 89.7 Å². The fourth-order valence-electron chi connectivity index (χ4n) is 1.72. The van der Waals surface area contributed by atoms with Crippen molar-refractivity contribution in [3.05, 3.63) is 23.3 Å². The van der Waals surface area contributed by atoms with Crippen molar-refractivity contribution in [3.63, 3.8) is 0 Å². The number of hydrogen-bond acceptors (Lipinski definition) is 4. The van der Waals surface area contributed by atoms with Crippen LogP contribution in [-0.2, 0) is 14.8 Å². The molecular weight excluding hydrogens is 280 g/mol. The second-order valence-corrected chi connectivity index (χ2v) is 6.19. The highest BCUT2D eigenvalue weighted by atomic mass is 32.2. The van der Waals surface area contributed by atoms with Crippen molar-refractivity contribution in [2.75, 3.05) is 20.2 Å². The van der Waals surface area contributed by atoms with Crippen molar-refractivity contribution in [1.29, 1.82) is 0 Å². The van der Waals surface area contributed by atoms with Gasteiger partial charge in [-0.25, -0.2) is 13.6 Å². The van der Waals surface area contributed by atoms with E-state index in [4.69, 9.17) is 9.88 Å². The van der Waals surface area contributed by atoms with Crippen molar-refractivity contribution >= 4 is 15.9 Å². The zero-order chi connectivity index (χ0) is 15.5. The van der Waals surface area contributed by atoms with Crippen molar-refractivity contribution in [1.82, 2.24) is 4.90 Å². The normalized spacial score (nSPS) is 11.2. The van der Waals surface area contributed by atoms with Crippen molar-refractivity contribution < 1.29 is 17.9 Å². The maximum atomic E-state index is 11.7. The third kappa shape index (κ3) is 3.94. The van der Waals surface area contributed by atoms with Crippen LogP contribution in [0.2, 0.25) is 0 Å². The highest BCUT2D eigenvalue weighted by molar-refractivity contribution is 7.89. The molecule has 112 valence electrons. The third-order valence-corrected chi connectivity index (χ3v) is 3.90. The largest absolute Gasteiger partial charge is 0.483 e. The van der Waals surface area contributed by atoms with Crippen LogP contribution in [0, 0.1) is 13.8 Å². The lowest BCUT2D eigenvalue weighted by Gasteiger charge is -2.17. The van der Waals surface area contributed by atoms with Crippen LogP contribution in [-0.4, -0.2) is 39.4 Å². The van der Waals surface area contributed by atoms with Gasteiger partial charge in [-0.1, -0.05) is 0 Å². The Kier molecular flexibility index (Phi) is 5.13. The van der Waals surface area contributed by atoms with E-state index in [9.17, 15) is 13.2 Å². The highest BCUT2D eigenvalue weighted by Gasteiger charge is 2.15. The minimum Gasteiger partial charge on any atom is -0.483 e. The molecule has 6 nitrogen and oxygen atoms in total. The Labute approximate surface area is 119 Å². The summed E-state index contributed by atoms with van der Waals surface area (Å²) < 4.78 is 28.1. The first kappa shape index (κ1) is 16.5. The standard InChI is InChI=1S/C13H20N2O4S/c1-5-15(4)12(16)8-19-13-9(2)6-11(7-10(13)3)20(14,17)18/h6-7H,5,8H2,1-4H3,(H2,14,17,18). The monoisotopic (exact) mass is 300 g/mol. The number of sulfonamides is 1. The predicted octanol–water partition coefficient (Wildman–Crippen LogP) is 0.808. The van der Waals surface area contributed by atoms with Gasteiger partial charge < -0.3 is 9.64 Å². The zero-order valence-corrected chi connectivity index (χ0v) is 13.0. The second-order valence-electron chi connectivity index (χ2n) is 4.63. The first-order valence-corrected chi connectivity index (χ1v) is 7.72. The van der Waals surface area contributed by atoms with Gasteiger partial charge in [-0.05, 0) is 44.0 Å². The van der Waals surface area contributed by atoms with Gasteiger partial charge in [0.25, 0.3) is 5.91 Å². The molecule has 0 heterocycles. The molecule has 1 aromatic carbocycles. The van der Waals surface area contributed by atoms with Gasteiger partial charge in [0.1, 0.15) is 5.75 Å². The molecule has 0 aromatic heterocycles. The molecule has 0 spiro atoms. The summed E-state index contributed by atoms with van der Waals surface area (Å²) in [5.74, 6) is 0.372. The summed E-state index contributed by atoms with van der Waals surface area (Å²) in [6.45, 7) is 5.82. The number of ether oxygens (including phenoxy) is 1. The summed E-state index contributed by atoms with van der Waals surface area (Å²) in [6, 6.07) is 2.87. The number of carbonyl (C=O) groups excluding carboxylic acids is 1. The number of carbonyl (C=O) groups is 1. The van der Waals surface area contributed by atoms with Gasteiger partial charge in [0.2, 0.25) is 10.0 Å². The number of rotatable bonds is 5. The Bertz CT molecular complexity index is 588. The Morgan fingerprint density at radius 2 is 1.80 bits per heavy atom. The van der Waals surface area contributed by atoms with Crippen LogP contribution >= 0.6 is 0 Å². The summed E-state index contributed by atoms with van der Waals surface area (Å²) in [6.07, 6.45) is 0. The van der Waals surface area contributed by atoms with Gasteiger partial charge in [-0.2, -0.15) is 0 Å². The van der Waals surface area contributed by atoms with Crippen LogP contribution < -0.4 is 9.88 Å². The summed E-state index contributed by atoms with van der Waals surface area (Å²) >= 11 is 0. The molecule has 0 atom stereocenters. The maximum Gasteiger partial charge on any atom is 0.260 e. The number of hydrogen-bond donors (Lipinski definition) is 1. The zero-order valence-electron chi connectivity index (χ0n) is 12.1. The second kappa shape index (κ2) is 6.23. The molecule has 0 radical (unpaired) electrons. The van der Waals surface area contributed by atoms with Gasteiger partial charge in [0.05, 0.1) is 4.90 Å². The number of nitrogens with two attached hydrogens (primary N) is 1. The number of primary sulfonamides is 1. The van der Waals surface area contributed by atoms with E-state index < -0.39 is 10.0 Å². The van der Waals surface area contributed by atoms with Crippen molar-refractivity contribution in [2.24, 2.45) is 5.14 Å². The summed E-state index contributed by atoms with van der Waals surface area (Å²) in [5, 5.41) is 5.10. The average Bonchev–Trinajstić information content (AvgIpc) is 2.35. The molecule has 0 bridgehead atoms. The molecule has 0 saturated heterocycles. The lowest BCUT2D eigenvalue weighted by Crippen LogP contribution is -2.31. The van der Waals surface area contributed by atoms with E-state index in [1.165, 1.54) is 12.1 Å². The lowest BCUT2D eigenvalue weighted by atomic mass is 10.1. The Balaban J connectivity index is 2.96. The smallest absolute Gasteiger partial charge is 0.260 e. The molecule has 0 fully saturated rings. The first-order chi connectivity index (χ1) is 9.16. The Morgan fingerprint density at radius 3 is 2.20 bits per heavy atom. The van der Waals surface area contributed by atoms with E-state index in [1.54, 1.807) is 25.8 Å². The number of benzene rings is 1. The molecule has 2 N–H and O–H groups in total. The number of aryl methyl sites for hydroxylation is 2. The van der Waals surface area contributed by atoms with E-state index in [0.717, 1.165) is 0 Å². The molecule has 0 aliphatic rings. The minimum absolute atomic E-state index is 0.0388. The van der Waals surface area contributed by atoms with Gasteiger partial charge >= 0.3 is 0 Å². The SMILES string of the molecule is CCN(C)C(=O)COc1c(C)cc(S(N)(=O)=O)cc1C. The maximum absolute atomic E-state index is 11.7. The van der Waals surface area contributed by atoms with E-state index >= 15 is 0 Å². The molecule has 0 saturated carbocycles. The number of nitrogens with zero attached hydrogens (tertiary/aromatic N) is 1. The number of likely N-dealkylation sites (N-methyl/N-ethyl adjacent to an activating group) is 1. The summed E-state index contributed by atoms with van der Waals surface area (Å²) in [4.78, 5) is 13.3. The lowest BCUT2D eigenvalue weighted by molar-refractivity contribution is -0.131. The van der Waals surface area contributed by atoms with Gasteiger partial charge in [-0.3, -0.25) is 4.79 Å². The first-order valence-electron chi connectivity index (χ1n) is 6.17. The summed E-state index contributed by atoms with van der Waals surface area (Å²) in [7, 11) is -2.05. The third-order valence-electron chi connectivity index (χ3n) is 3.00. The Hall–Kier alpha value is -1.60. The quantitative estimate of drug-likeness (QED) is 0.871. The van der Waals surface area contributed by atoms with Crippen LogP contribution in [0.4, 0.5) is 0 Å². The van der Waals surface area contributed by atoms with E-state index in [2.05, 4.69) is 0 Å². The fourth-order valence-corrected chi connectivity index (χ4v) is 2.41. The van der Waals surface area contributed by atoms with Crippen LogP contribution in [0.25, 0.3) is 0 Å². The molecule has 0 aliphatic carbocycles. The number of amides is 1. The minimum atomic E-state index is -3.74. The molecule has 7 heteroatoms. The van der Waals surface area contributed by atoms with Crippen molar-refractivity contribution in [3.8, 4) is 5.75 Å². The van der Waals surface area contributed by atoms with Gasteiger partial charge in [0, 0.05) is 13.6 Å². The van der Waals surface area contributed by atoms with Crippen molar-refractivity contribution in [2.45, 2.75) is 25.7 Å². The molecular formula is C13H20N2O4S. The highest BCUT2D eigenvalue weighted by Crippen LogP contribution is 2.26. The van der Waals surface area contributed by atoms with Gasteiger partial charge in [-0.15, -0.1) is 0 Å². The van der Waals surface area contributed by atoms with E-state index in [1.807, 2.05) is 6.92 Å². The van der Waals surface area contributed by atoms with Crippen LogP contribution in [0.15, 0.2) is 17.0 Å². The predicted molar refractivity (Wildman–Crippen MR) is 76.1 cm³/mol. The van der Waals surface area contributed by atoms with E-state index in [0.29, 0.717) is 23.4 Å². The molecule has 1 amide bonds. The van der Waals surface area contributed by atoms with Crippen LogP contribution in [0.3, 0.4) is 0 Å². The van der Waals surface area contributed by atoms with Crippen LogP contribution in [0.5, 0.6) is 5.75 Å². The molecule has 0 unspecified atom stereocenters.